The maximum Gasteiger partial charge on any atom is 0.271 e. The van der Waals surface area contributed by atoms with Crippen LogP contribution >= 0.6 is 0 Å². The maximum absolute atomic E-state index is 12.3. The number of amides is 1. The summed E-state index contributed by atoms with van der Waals surface area (Å²) in [5.74, 6) is 0.479. The standard InChI is InChI=1S/C18H20N6O/c1-12-8-13(2)22-17(15(12)9-19)24-7-3-4-14(11-24)23-18(25)16-10-20-5-6-21-16/h5-6,8,10,14H,3-4,7,11H2,1-2H3,(H,23,25). The largest absolute Gasteiger partial charge is 0.353 e. The van der Waals surface area contributed by atoms with Crippen LogP contribution < -0.4 is 10.2 Å². The molecular formula is C18H20N6O. The molecule has 3 rings (SSSR count). The SMILES string of the molecule is Cc1cc(C)c(C#N)c(N2CCCC(NC(=O)c3cnccn3)C2)n1. The number of nitrogens with one attached hydrogen (secondary N) is 1. The van der Waals surface area contributed by atoms with Gasteiger partial charge in [0.15, 0.2) is 0 Å². The number of pyridine rings is 1. The summed E-state index contributed by atoms with van der Waals surface area (Å²) in [5, 5.41) is 12.5. The van der Waals surface area contributed by atoms with Gasteiger partial charge in [-0.3, -0.25) is 9.78 Å². The lowest BCUT2D eigenvalue weighted by atomic mass is 10.0. The highest BCUT2D eigenvalue weighted by Crippen LogP contribution is 2.25. The van der Waals surface area contributed by atoms with Crippen LogP contribution in [-0.4, -0.2) is 40.0 Å². The van der Waals surface area contributed by atoms with E-state index in [-0.39, 0.29) is 11.9 Å². The Hall–Kier alpha value is -3.01. The fraction of sp³-hybridized carbons (Fsp3) is 0.389. The van der Waals surface area contributed by atoms with Gasteiger partial charge in [0.25, 0.3) is 5.91 Å². The lowest BCUT2D eigenvalue weighted by Crippen LogP contribution is -2.48. The molecule has 0 aromatic carbocycles. The van der Waals surface area contributed by atoms with E-state index in [2.05, 4.69) is 31.2 Å². The third kappa shape index (κ3) is 3.74. The molecule has 0 saturated carbocycles. The van der Waals surface area contributed by atoms with Gasteiger partial charge < -0.3 is 10.2 Å². The lowest BCUT2D eigenvalue weighted by Gasteiger charge is -2.34. The second-order valence-electron chi connectivity index (χ2n) is 6.24. The van der Waals surface area contributed by atoms with Gasteiger partial charge in [-0.25, -0.2) is 9.97 Å². The van der Waals surface area contributed by atoms with Gasteiger partial charge >= 0.3 is 0 Å². The Morgan fingerprint density at radius 2 is 2.24 bits per heavy atom. The number of rotatable bonds is 3. The van der Waals surface area contributed by atoms with E-state index >= 15 is 0 Å². The average Bonchev–Trinajstić information content (AvgIpc) is 2.62. The second-order valence-corrected chi connectivity index (χ2v) is 6.24. The van der Waals surface area contributed by atoms with Gasteiger partial charge in [-0.2, -0.15) is 5.26 Å². The third-order valence-electron chi connectivity index (χ3n) is 4.29. The molecule has 1 aliphatic rings. The highest BCUT2D eigenvalue weighted by atomic mass is 16.2. The van der Waals surface area contributed by atoms with Crippen LogP contribution in [0.2, 0.25) is 0 Å². The van der Waals surface area contributed by atoms with E-state index in [1.54, 1.807) is 0 Å². The molecule has 1 aliphatic heterocycles. The number of aromatic nitrogens is 3. The zero-order chi connectivity index (χ0) is 17.8. The van der Waals surface area contributed by atoms with Crippen molar-refractivity contribution < 1.29 is 4.79 Å². The molecule has 1 fully saturated rings. The van der Waals surface area contributed by atoms with E-state index in [1.807, 2.05) is 19.9 Å². The van der Waals surface area contributed by atoms with Crippen LogP contribution in [0.5, 0.6) is 0 Å². The summed E-state index contributed by atoms with van der Waals surface area (Å²) >= 11 is 0. The molecule has 0 aliphatic carbocycles. The van der Waals surface area contributed by atoms with Crippen molar-refractivity contribution in [1.82, 2.24) is 20.3 Å². The molecular weight excluding hydrogens is 316 g/mol. The summed E-state index contributed by atoms with van der Waals surface area (Å²) < 4.78 is 0. The molecule has 128 valence electrons. The van der Waals surface area contributed by atoms with Crippen LogP contribution in [-0.2, 0) is 0 Å². The summed E-state index contributed by atoms with van der Waals surface area (Å²) in [6.07, 6.45) is 6.30. The minimum atomic E-state index is -0.228. The molecule has 2 aromatic rings. The Labute approximate surface area is 146 Å². The molecule has 1 amide bonds. The number of piperidine rings is 1. The number of aryl methyl sites for hydroxylation is 2. The van der Waals surface area contributed by atoms with E-state index in [4.69, 9.17) is 0 Å². The van der Waals surface area contributed by atoms with Crippen molar-refractivity contribution in [2.75, 3.05) is 18.0 Å². The molecule has 0 radical (unpaired) electrons. The Balaban J connectivity index is 1.76. The lowest BCUT2D eigenvalue weighted by molar-refractivity contribution is 0.0927. The first kappa shape index (κ1) is 16.8. The number of hydrogen-bond donors (Lipinski definition) is 1. The summed E-state index contributed by atoms with van der Waals surface area (Å²) in [6.45, 7) is 5.29. The molecule has 1 N–H and O–H groups in total. The van der Waals surface area contributed by atoms with Gasteiger partial charge in [0.05, 0.1) is 11.8 Å². The summed E-state index contributed by atoms with van der Waals surface area (Å²) in [6, 6.07) is 4.16. The molecule has 2 aromatic heterocycles. The molecule has 0 spiro atoms. The van der Waals surface area contributed by atoms with E-state index in [0.717, 1.165) is 30.6 Å². The van der Waals surface area contributed by atoms with Crippen molar-refractivity contribution in [2.24, 2.45) is 0 Å². The molecule has 7 heteroatoms. The van der Waals surface area contributed by atoms with E-state index in [9.17, 15) is 10.1 Å². The Morgan fingerprint density at radius 1 is 1.40 bits per heavy atom. The van der Waals surface area contributed by atoms with Crippen molar-refractivity contribution in [3.05, 3.63) is 47.2 Å². The first-order chi connectivity index (χ1) is 12.1. The van der Waals surface area contributed by atoms with Gasteiger partial charge in [-0.05, 0) is 38.3 Å². The van der Waals surface area contributed by atoms with Gasteiger partial charge in [0.1, 0.15) is 17.6 Å². The zero-order valence-corrected chi connectivity index (χ0v) is 14.4. The predicted octanol–water partition coefficient (Wildman–Crippen LogP) is 1.76. The van der Waals surface area contributed by atoms with Crippen LogP contribution in [0.3, 0.4) is 0 Å². The van der Waals surface area contributed by atoms with E-state index < -0.39 is 0 Å². The molecule has 7 nitrogen and oxygen atoms in total. The number of carbonyl (C=O) groups excluding carboxylic acids is 1. The van der Waals surface area contributed by atoms with Gasteiger partial charge in [0.2, 0.25) is 0 Å². The molecule has 0 bridgehead atoms. The minimum absolute atomic E-state index is 0.0163. The van der Waals surface area contributed by atoms with Crippen LogP contribution in [0.1, 0.15) is 40.2 Å². The van der Waals surface area contributed by atoms with Crippen LogP contribution in [0, 0.1) is 25.2 Å². The van der Waals surface area contributed by atoms with Gasteiger partial charge in [0, 0.05) is 37.2 Å². The molecule has 1 atom stereocenters. The van der Waals surface area contributed by atoms with Crippen molar-refractivity contribution in [3.63, 3.8) is 0 Å². The van der Waals surface area contributed by atoms with Crippen LogP contribution in [0.4, 0.5) is 5.82 Å². The molecule has 1 saturated heterocycles. The van der Waals surface area contributed by atoms with Gasteiger partial charge in [-0.1, -0.05) is 0 Å². The summed E-state index contributed by atoms with van der Waals surface area (Å²) in [5.41, 5.74) is 2.72. The smallest absolute Gasteiger partial charge is 0.271 e. The Kier molecular flexibility index (Phi) is 4.89. The average molecular weight is 336 g/mol. The van der Waals surface area contributed by atoms with Gasteiger partial charge in [-0.15, -0.1) is 0 Å². The highest BCUT2D eigenvalue weighted by Gasteiger charge is 2.25. The van der Waals surface area contributed by atoms with Crippen LogP contribution in [0.25, 0.3) is 0 Å². The number of carbonyl (C=O) groups is 1. The van der Waals surface area contributed by atoms with Crippen molar-refractivity contribution >= 4 is 11.7 Å². The monoisotopic (exact) mass is 336 g/mol. The molecule has 25 heavy (non-hydrogen) atoms. The fourth-order valence-corrected chi connectivity index (χ4v) is 3.15. The van der Waals surface area contributed by atoms with E-state index in [1.165, 1.54) is 18.6 Å². The van der Waals surface area contributed by atoms with Crippen LogP contribution in [0.15, 0.2) is 24.7 Å². The molecule has 1 unspecified atom stereocenters. The predicted molar refractivity (Wildman–Crippen MR) is 93.2 cm³/mol. The number of nitriles is 1. The number of anilines is 1. The quantitative estimate of drug-likeness (QED) is 0.918. The minimum Gasteiger partial charge on any atom is -0.353 e. The number of hydrogen-bond acceptors (Lipinski definition) is 6. The number of nitrogens with zero attached hydrogens (tertiary/aromatic N) is 5. The topological polar surface area (TPSA) is 94.8 Å². The Bertz CT molecular complexity index is 814. The normalized spacial score (nSPS) is 17.0. The fourth-order valence-electron chi connectivity index (χ4n) is 3.15. The van der Waals surface area contributed by atoms with Crippen molar-refractivity contribution in [3.8, 4) is 6.07 Å². The maximum atomic E-state index is 12.3. The van der Waals surface area contributed by atoms with Crippen molar-refractivity contribution in [1.29, 1.82) is 5.26 Å². The first-order valence-electron chi connectivity index (χ1n) is 8.28. The first-order valence-corrected chi connectivity index (χ1v) is 8.28. The molecule has 3 heterocycles. The third-order valence-corrected chi connectivity index (χ3v) is 4.29. The van der Waals surface area contributed by atoms with E-state index in [0.29, 0.717) is 23.6 Å². The zero-order valence-electron chi connectivity index (χ0n) is 14.4. The summed E-state index contributed by atoms with van der Waals surface area (Å²) in [4.78, 5) is 26.9. The second kappa shape index (κ2) is 7.26. The highest BCUT2D eigenvalue weighted by molar-refractivity contribution is 5.92. The van der Waals surface area contributed by atoms with Crippen molar-refractivity contribution in [2.45, 2.75) is 32.7 Å². The Morgan fingerprint density at radius 3 is 2.96 bits per heavy atom. The summed E-state index contributed by atoms with van der Waals surface area (Å²) in [7, 11) is 0.